The predicted molar refractivity (Wildman–Crippen MR) is 60.8 cm³/mol. The molecule has 5 N–H and O–H groups in total. The highest BCUT2D eigenvalue weighted by molar-refractivity contribution is 5.80. The van der Waals surface area contributed by atoms with Gasteiger partial charge in [-0.05, 0) is 6.08 Å². The smallest absolute Gasteiger partial charge is 0.194 e. The minimum Gasteiger partial charge on any atom is -0.370 e. The number of nitrogens with zero attached hydrogens (tertiary/aromatic N) is 1. The van der Waals surface area contributed by atoms with Crippen molar-refractivity contribution >= 4 is 5.96 Å². The van der Waals surface area contributed by atoms with Crippen LogP contribution in [0.5, 0.6) is 0 Å². The molecule has 1 aromatic carbocycles. The summed E-state index contributed by atoms with van der Waals surface area (Å²) >= 11 is 0. The minimum absolute atomic E-state index is 0.0670. The van der Waals surface area contributed by atoms with Gasteiger partial charge in [0.05, 0.1) is 0 Å². The predicted octanol–water partition coefficient (Wildman–Crippen LogP) is 0.872. The van der Waals surface area contributed by atoms with Gasteiger partial charge in [-0.3, -0.25) is 0 Å². The number of halogens is 4. The first-order chi connectivity index (χ1) is 8.82. The van der Waals surface area contributed by atoms with Crippen molar-refractivity contribution in [2.45, 2.75) is 12.1 Å². The van der Waals surface area contributed by atoms with Crippen molar-refractivity contribution in [2.24, 2.45) is 16.5 Å². The number of hydrogen-bond donors (Lipinski definition) is 3. The first-order valence-electron chi connectivity index (χ1n) is 5.23. The molecule has 0 aromatic heterocycles. The molecule has 0 aliphatic carbocycles. The van der Waals surface area contributed by atoms with Gasteiger partial charge >= 0.3 is 0 Å². The average Bonchev–Trinajstić information content (AvgIpc) is 2.32. The zero-order valence-corrected chi connectivity index (χ0v) is 9.55. The van der Waals surface area contributed by atoms with Gasteiger partial charge in [0.25, 0.3) is 0 Å². The van der Waals surface area contributed by atoms with Gasteiger partial charge in [-0.1, -0.05) is 0 Å². The highest BCUT2D eigenvalue weighted by Crippen LogP contribution is 2.24. The summed E-state index contributed by atoms with van der Waals surface area (Å²) in [7, 11) is 0. The van der Waals surface area contributed by atoms with E-state index in [1.165, 1.54) is 12.3 Å². The molecule has 19 heavy (non-hydrogen) atoms. The summed E-state index contributed by atoms with van der Waals surface area (Å²) in [5, 5.41) is 2.51. The third kappa shape index (κ3) is 2.53. The van der Waals surface area contributed by atoms with E-state index in [0.29, 0.717) is 0 Å². The fourth-order valence-corrected chi connectivity index (χ4v) is 1.72. The SMILES string of the molecule is NC1=NC(N)(Cc2c(F)c(F)cc(F)c2F)C=CN1. The summed E-state index contributed by atoms with van der Waals surface area (Å²) in [6, 6.07) is 0.132. The lowest BCUT2D eigenvalue weighted by Crippen LogP contribution is -2.46. The molecule has 2 rings (SSSR count). The molecule has 1 unspecified atom stereocenters. The lowest BCUT2D eigenvalue weighted by atomic mass is 9.98. The molecule has 0 amide bonds. The summed E-state index contributed by atoms with van der Waals surface area (Å²) < 4.78 is 53.1. The molecule has 0 fully saturated rings. The van der Waals surface area contributed by atoms with Gasteiger partial charge in [-0.25, -0.2) is 22.6 Å². The quantitative estimate of drug-likeness (QED) is 0.553. The van der Waals surface area contributed by atoms with Gasteiger partial charge in [-0.2, -0.15) is 0 Å². The Bertz CT molecular complexity index is 558. The van der Waals surface area contributed by atoms with Gasteiger partial charge in [0, 0.05) is 24.3 Å². The van der Waals surface area contributed by atoms with E-state index in [1.807, 2.05) is 0 Å². The Morgan fingerprint density at radius 2 is 1.74 bits per heavy atom. The normalized spacial score (nSPS) is 22.1. The maximum absolute atomic E-state index is 13.5. The zero-order chi connectivity index (χ0) is 14.2. The lowest BCUT2D eigenvalue weighted by molar-refractivity contribution is 0.421. The highest BCUT2D eigenvalue weighted by atomic mass is 19.2. The number of nitrogens with one attached hydrogen (secondary N) is 1. The molecular weight excluding hydrogens is 264 g/mol. The second-order valence-electron chi connectivity index (χ2n) is 4.09. The molecule has 8 heteroatoms. The minimum atomic E-state index is -1.57. The van der Waals surface area contributed by atoms with E-state index in [1.54, 1.807) is 0 Å². The molecule has 0 saturated carbocycles. The summed E-state index contributed by atoms with van der Waals surface area (Å²) in [4.78, 5) is 3.75. The molecule has 1 aliphatic rings. The van der Waals surface area contributed by atoms with Gasteiger partial charge in [0.2, 0.25) is 0 Å². The van der Waals surface area contributed by atoms with Gasteiger partial charge in [-0.15, -0.1) is 0 Å². The summed E-state index contributed by atoms with van der Waals surface area (Å²) in [6.45, 7) is 0. The molecule has 0 radical (unpaired) electrons. The van der Waals surface area contributed by atoms with Crippen LogP contribution in [0.15, 0.2) is 23.3 Å². The molecule has 0 bridgehead atoms. The standard InChI is InChI=1S/C11H10F4N4/c12-6-3-7(13)9(15)5(8(6)14)4-11(17)1-2-18-10(16)19-11/h1-3H,4,17H2,(H3,16,18,19). The fraction of sp³-hybridized carbons (Fsp3) is 0.182. The maximum atomic E-state index is 13.5. The summed E-state index contributed by atoms with van der Waals surface area (Å²) in [6.07, 6.45) is 2.04. The first-order valence-corrected chi connectivity index (χ1v) is 5.23. The highest BCUT2D eigenvalue weighted by Gasteiger charge is 2.29. The van der Waals surface area contributed by atoms with Crippen LogP contribution in [0.2, 0.25) is 0 Å². The van der Waals surface area contributed by atoms with Crippen molar-refractivity contribution in [3.05, 3.63) is 47.2 Å². The summed E-state index contributed by atoms with van der Waals surface area (Å²) in [5.74, 6) is -6.05. The van der Waals surface area contributed by atoms with E-state index in [-0.39, 0.29) is 12.0 Å². The molecular formula is C11H10F4N4. The number of nitrogens with two attached hydrogens (primary N) is 2. The molecule has 1 aliphatic heterocycles. The lowest BCUT2D eigenvalue weighted by Gasteiger charge is -2.25. The molecule has 1 atom stereocenters. The van der Waals surface area contributed by atoms with E-state index in [2.05, 4.69) is 10.3 Å². The number of hydrogen-bond acceptors (Lipinski definition) is 4. The van der Waals surface area contributed by atoms with Crippen LogP contribution in [0.1, 0.15) is 5.56 Å². The number of rotatable bonds is 2. The molecule has 0 spiro atoms. The van der Waals surface area contributed by atoms with Crippen LogP contribution in [0.4, 0.5) is 17.6 Å². The molecule has 1 aromatic rings. The van der Waals surface area contributed by atoms with Crippen molar-refractivity contribution in [1.82, 2.24) is 5.32 Å². The Labute approximate surface area is 105 Å². The fourth-order valence-electron chi connectivity index (χ4n) is 1.72. The van der Waals surface area contributed by atoms with Crippen molar-refractivity contribution in [3.63, 3.8) is 0 Å². The average molecular weight is 274 g/mol. The van der Waals surface area contributed by atoms with E-state index in [9.17, 15) is 17.6 Å². The first kappa shape index (κ1) is 13.3. The van der Waals surface area contributed by atoms with Crippen molar-refractivity contribution in [3.8, 4) is 0 Å². The molecule has 1 heterocycles. The second-order valence-corrected chi connectivity index (χ2v) is 4.09. The monoisotopic (exact) mass is 274 g/mol. The number of aliphatic imine (C=N–C) groups is 1. The maximum Gasteiger partial charge on any atom is 0.194 e. The van der Waals surface area contributed by atoms with Gasteiger partial charge in [0.15, 0.2) is 29.2 Å². The Kier molecular flexibility index (Phi) is 3.19. The Balaban J connectivity index is 2.44. The van der Waals surface area contributed by atoms with Crippen LogP contribution in [-0.2, 0) is 6.42 Å². The summed E-state index contributed by atoms with van der Waals surface area (Å²) in [5.41, 5.74) is 8.73. The van der Waals surface area contributed by atoms with E-state index in [0.717, 1.165) is 0 Å². The van der Waals surface area contributed by atoms with Crippen LogP contribution in [-0.4, -0.2) is 11.6 Å². The van der Waals surface area contributed by atoms with Crippen LogP contribution in [0.3, 0.4) is 0 Å². The van der Waals surface area contributed by atoms with Gasteiger partial charge < -0.3 is 16.8 Å². The van der Waals surface area contributed by atoms with E-state index < -0.39 is 40.9 Å². The largest absolute Gasteiger partial charge is 0.370 e. The van der Waals surface area contributed by atoms with E-state index >= 15 is 0 Å². The van der Waals surface area contributed by atoms with Crippen LogP contribution in [0, 0.1) is 23.3 Å². The Hall–Kier alpha value is -2.09. The third-order valence-corrected chi connectivity index (χ3v) is 2.59. The van der Waals surface area contributed by atoms with Crippen molar-refractivity contribution < 1.29 is 17.6 Å². The van der Waals surface area contributed by atoms with E-state index in [4.69, 9.17) is 11.5 Å². The number of benzene rings is 1. The molecule has 4 nitrogen and oxygen atoms in total. The zero-order valence-electron chi connectivity index (χ0n) is 9.55. The van der Waals surface area contributed by atoms with Crippen molar-refractivity contribution in [2.75, 3.05) is 0 Å². The topological polar surface area (TPSA) is 76.4 Å². The van der Waals surface area contributed by atoms with Crippen LogP contribution < -0.4 is 16.8 Å². The van der Waals surface area contributed by atoms with Crippen molar-refractivity contribution in [1.29, 1.82) is 0 Å². The van der Waals surface area contributed by atoms with Crippen LogP contribution >= 0.6 is 0 Å². The molecule has 102 valence electrons. The number of guanidine groups is 1. The van der Waals surface area contributed by atoms with Gasteiger partial charge in [0.1, 0.15) is 5.66 Å². The Morgan fingerprint density at radius 3 is 2.26 bits per heavy atom. The second kappa shape index (κ2) is 4.54. The Morgan fingerprint density at radius 1 is 1.16 bits per heavy atom. The third-order valence-electron chi connectivity index (χ3n) is 2.59. The van der Waals surface area contributed by atoms with Crippen LogP contribution in [0.25, 0.3) is 0 Å². The molecule has 0 saturated heterocycles.